The number of benzene rings is 4. The van der Waals surface area contributed by atoms with Crippen LogP contribution in [0, 0.1) is 0 Å². The SMILES string of the molecule is C=N[C@@H](COC1OC(COCc2ccccc2)C(OCc2ccccc2)C(OCc2ccccc2)C1OCc1ccccc1)[C@@H]1OC(C)(C)O[C@@H]1CO. The number of aliphatic hydroxyl groups excluding tert-OH is 1. The van der Waals surface area contributed by atoms with Crippen molar-refractivity contribution in [2.75, 3.05) is 19.8 Å². The third-order valence-corrected chi connectivity index (χ3v) is 9.29. The molecule has 6 rings (SSSR count). The van der Waals surface area contributed by atoms with Crippen molar-refractivity contribution in [1.82, 2.24) is 0 Å². The van der Waals surface area contributed by atoms with Crippen LogP contribution in [0.5, 0.6) is 0 Å². The van der Waals surface area contributed by atoms with Crippen LogP contribution < -0.4 is 0 Å². The van der Waals surface area contributed by atoms with Gasteiger partial charge in [-0.1, -0.05) is 121 Å². The Bertz CT molecular complexity index is 1630. The molecule has 4 aromatic carbocycles. The van der Waals surface area contributed by atoms with E-state index in [1.807, 2.05) is 121 Å². The molecule has 2 aliphatic heterocycles. The molecule has 4 aromatic rings. The molecule has 0 radical (unpaired) electrons. The third-order valence-electron chi connectivity index (χ3n) is 9.29. The summed E-state index contributed by atoms with van der Waals surface area (Å²) < 4.78 is 52.1. The number of aliphatic hydroxyl groups is 1. The van der Waals surface area contributed by atoms with Crippen LogP contribution in [0.3, 0.4) is 0 Å². The molecule has 0 bridgehead atoms. The lowest BCUT2D eigenvalue weighted by Gasteiger charge is -2.46. The van der Waals surface area contributed by atoms with Gasteiger partial charge in [0.25, 0.3) is 0 Å². The van der Waals surface area contributed by atoms with Gasteiger partial charge in [0, 0.05) is 0 Å². The molecule has 1 N–H and O–H groups in total. The maximum atomic E-state index is 10.1. The van der Waals surface area contributed by atoms with E-state index in [0.717, 1.165) is 22.3 Å². The number of nitrogens with zero attached hydrogens (tertiary/aromatic N) is 1. The summed E-state index contributed by atoms with van der Waals surface area (Å²) in [5.41, 5.74) is 4.04. The summed E-state index contributed by atoms with van der Waals surface area (Å²) in [5, 5.41) is 10.1. The Morgan fingerprint density at radius 1 is 0.623 bits per heavy atom. The Labute approximate surface area is 312 Å². The highest BCUT2D eigenvalue weighted by Gasteiger charge is 2.50. The topological polar surface area (TPSA) is 106 Å². The quantitative estimate of drug-likeness (QED) is 0.112. The zero-order valence-corrected chi connectivity index (χ0v) is 30.5. The van der Waals surface area contributed by atoms with Crippen molar-refractivity contribution in [3.8, 4) is 0 Å². The molecule has 53 heavy (non-hydrogen) atoms. The molecule has 10 heteroatoms. The number of hydrogen-bond acceptors (Lipinski definition) is 10. The van der Waals surface area contributed by atoms with Crippen LogP contribution in [0.15, 0.2) is 126 Å². The molecule has 0 amide bonds. The van der Waals surface area contributed by atoms with E-state index in [4.69, 9.17) is 37.9 Å². The molecule has 0 aromatic heterocycles. The number of rotatable bonds is 19. The second-order valence-corrected chi connectivity index (χ2v) is 13.7. The molecular weight excluding hydrogens is 674 g/mol. The van der Waals surface area contributed by atoms with Crippen LogP contribution in [-0.4, -0.2) is 86.4 Å². The van der Waals surface area contributed by atoms with E-state index in [0.29, 0.717) is 19.8 Å². The van der Waals surface area contributed by atoms with Gasteiger partial charge in [-0.3, -0.25) is 4.99 Å². The summed E-state index contributed by atoms with van der Waals surface area (Å²) in [6.07, 6.45) is -4.69. The third kappa shape index (κ3) is 11.1. The van der Waals surface area contributed by atoms with E-state index >= 15 is 0 Å². The summed E-state index contributed by atoms with van der Waals surface area (Å²) in [4.78, 5) is 4.34. The fourth-order valence-corrected chi connectivity index (χ4v) is 6.66. The van der Waals surface area contributed by atoms with Crippen molar-refractivity contribution >= 4 is 6.72 Å². The van der Waals surface area contributed by atoms with E-state index in [2.05, 4.69) is 11.7 Å². The normalized spacial score (nSPS) is 25.9. The van der Waals surface area contributed by atoms with Crippen LogP contribution in [0.1, 0.15) is 36.1 Å². The van der Waals surface area contributed by atoms with Crippen molar-refractivity contribution in [2.45, 2.75) is 95.0 Å². The molecule has 2 aliphatic rings. The van der Waals surface area contributed by atoms with Crippen LogP contribution in [0.2, 0.25) is 0 Å². The Hall–Kier alpha value is -3.81. The van der Waals surface area contributed by atoms with Gasteiger partial charge in [0.05, 0.1) is 46.2 Å². The Balaban J connectivity index is 1.30. The lowest BCUT2D eigenvalue weighted by Crippen LogP contribution is -2.62. The summed E-state index contributed by atoms with van der Waals surface area (Å²) in [7, 11) is 0. The highest BCUT2D eigenvalue weighted by atomic mass is 16.8. The number of hydrogen-bond donors (Lipinski definition) is 1. The second-order valence-electron chi connectivity index (χ2n) is 13.7. The minimum absolute atomic E-state index is 0.0541. The molecule has 2 saturated heterocycles. The Morgan fingerprint density at radius 3 is 1.58 bits per heavy atom. The van der Waals surface area contributed by atoms with Gasteiger partial charge in [0.1, 0.15) is 42.7 Å². The maximum absolute atomic E-state index is 10.1. The van der Waals surface area contributed by atoms with Crippen LogP contribution in [0.4, 0.5) is 0 Å². The molecule has 0 aliphatic carbocycles. The zero-order chi connectivity index (χ0) is 36.9. The molecule has 0 spiro atoms. The average molecular weight is 726 g/mol. The first kappa shape index (κ1) is 38.9. The average Bonchev–Trinajstić information content (AvgIpc) is 3.51. The van der Waals surface area contributed by atoms with Crippen LogP contribution in [-0.2, 0) is 64.3 Å². The first-order valence-electron chi connectivity index (χ1n) is 18.2. The molecule has 5 unspecified atom stereocenters. The van der Waals surface area contributed by atoms with Gasteiger partial charge in [0.2, 0.25) is 0 Å². The van der Waals surface area contributed by atoms with E-state index < -0.39 is 54.7 Å². The molecule has 8 atom stereocenters. The summed E-state index contributed by atoms with van der Waals surface area (Å²) in [6, 6.07) is 39.4. The molecule has 282 valence electrons. The maximum Gasteiger partial charge on any atom is 0.187 e. The number of aliphatic imine (C=N–C) groups is 1. The molecule has 2 heterocycles. The Morgan fingerprint density at radius 2 is 1.09 bits per heavy atom. The summed E-state index contributed by atoms with van der Waals surface area (Å²) >= 11 is 0. The lowest BCUT2D eigenvalue weighted by atomic mass is 9.97. The zero-order valence-electron chi connectivity index (χ0n) is 30.5. The molecule has 10 nitrogen and oxygen atoms in total. The smallest absolute Gasteiger partial charge is 0.187 e. The van der Waals surface area contributed by atoms with Crippen molar-refractivity contribution < 1.29 is 43.0 Å². The predicted octanol–water partition coefficient (Wildman–Crippen LogP) is 6.28. The largest absolute Gasteiger partial charge is 0.394 e. The summed E-state index contributed by atoms with van der Waals surface area (Å²) in [5.74, 6) is -0.898. The van der Waals surface area contributed by atoms with E-state index in [1.54, 1.807) is 13.8 Å². The van der Waals surface area contributed by atoms with Gasteiger partial charge in [-0.25, -0.2) is 0 Å². The fraction of sp³-hybridized carbons (Fsp3) is 0.419. The van der Waals surface area contributed by atoms with E-state index in [1.165, 1.54) is 0 Å². The van der Waals surface area contributed by atoms with Crippen molar-refractivity contribution in [2.24, 2.45) is 4.99 Å². The van der Waals surface area contributed by atoms with E-state index in [9.17, 15) is 5.11 Å². The first-order chi connectivity index (χ1) is 25.9. The monoisotopic (exact) mass is 725 g/mol. The van der Waals surface area contributed by atoms with Gasteiger partial charge < -0.3 is 43.0 Å². The lowest BCUT2D eigenvalue weighted by molar-refractivity contribution is -0.329. The van der Waals surface area contributed by atoms with Gasteiger partial charge >= 0.3 is 0 Å². The van der Waals surface area contributed by atoms with Gasteiger partial charge in [-0.15, -0.1) is 0 Å². The molecule has 2 fully saturated rings. The molecular formula is C43H51NO9. The molecule has 0 saturated carbocycles. The standard InChI is InChI=1S/C43H51NO9/c1-43(2)52-36(24-45)38(53-43)35(44-3)29-50-42-41(49-28-34-22-14-7-15-23-34)40(48-27-33-20-12-6-13-21-33)39(47-26-32-18-10-5-11-19-32)37(51-42)30-46-25-31-16-8-4-9-17-31/h4-23,35-42,45H,3,24-30H2,1-2H3/t35-,36+,37?,38-,39?,40?,41?,42?/m0/s1. The minimum atomic E-state index is -0.923. The summed E-state index contributed by atoms with van der Waals surface area (Å²) in [6.45, 7) is 8.76. The highest BCUT2D eigenvalue weighted by Crippen LogP contribution is 2.34. The first-order valence-corrected chi connectivity index (χ1v) is 18.2. The van der Waals surface area contributed by atoms with Gasteiger partial charge in [-0.2, -0.15) is 0 Å². The van der Waals surface area contributed by atoms with Crippen LogP contribution in [0.25, 0.3) is 0 Å². The minimum Gasteiger partial charge on any atom is -0.394 e. The van der Waals surface area contributed by atoms with Crippen molar-refractivity contribution in [3.05, 3.63) is 144 Å². The fourth-order valence-electron chi connectivity index (χ4n) is 6.66. The Kier molecular flexibility index (Phi) is 14.3. The van der Waals surface area contributed by atoms with E-state index in [-0.39, 0.29) is 26.4 Å². The highest BCUT2D eigenvalue weighted by molar-refractivity contribution is 5.25. The predicted molar refractivity (Wildman–Crippen MR) is 200 cm³/mol. The van der Waals surface area contributed by atoms with Gasteiger partial charge in [-0.05, 0) is 42.8 Å². The second kappa shape index (κ2) is 19.5. The van der Waals surface area contributed by atoms with Crippen LogP contribution >= 0.6 is 0 Å². The van der Waals surface area contributed by atoms with Crippen molar-refractivity contribution in [1.29, 1.82) is 0 Å². The number of ether oxygens (including phenoxy) is 8. The van der Waals surface area contributed by atoms with Gasteiger partial charge in [0.15, 0.2) is 12.1 Å². The van der Waals surface area contributed by atoms with Crippen molar-refractivity contribution in [3.63, 3.8) is 0 Å².